The molecule has 1 aromatic carbocycles. The lowest BCUT2D eigenvalue weighted by atomic mass is 10.1. The highest BCUT2D eigenvalue weighted by molar-refractivity contribution is 7.89. The average Bonchev–Trinajstić information content (AvgIpc) is 2.99. The highest BCUT2D eigenvalue weighted by Gasteiger charge is 2.36. The monoisotopic (exact) mass is 312 g/mol. The molecule has 1 aromatic rings. The van der Waals surface area contributed by atoms with Crippen molar-refractivity contribution in [1.29, 1.82) is 0 Å². The van der Waals surface area contributed by atoms with Crippen LogP contribution >= 0.6 is 0 Å². The Hall–Kier alpha value is -0.980. The normalized spacial score (nSPS) is 25.3. The van der Waals surface area contributed by atoms with Crippen molar-refractivity contribution in [3.63, 3.8) is 0 Å². The van der Waals surface area contributed by atoms with Gasteiger partial charge < -0.3 is 0 Å². The van der Waals surface area contributed by atoms with E-state index in [-0.39, 0.29) is 10.9 Å². The number of halogens is 1. The van der Waals surface area contributed by atoms with E-state index in [1.165, 1.54) is 41.8 Å². The molecule has 3 rings (SSSR count). The maximum Gasteiger partial charge on any atom is 0.246 e. The van der Waals surface area contributed by atoms with Crippen molar-refractivity contribution in [3.8, 4) is 0 Å². The molecule has 6 heteroatoms. The summed E-state index contributed by atoms with van der Waals surface area (Å²) in [6, 6.07) is 5.90. The van der Waals surface area contributed by atoms with Gasteiger partial charge in [0.2, 0.25) is 10.0 Å². The molecule has 2 saturated heterocycles. The summed E-state index contributed by atoms with van der Waals surface area (Å²) in [6.45, 7) is 3.07. The minimum absolute atomic E-state index is 0.204. The lowest BCUT2D eigenvalue weighted by Crippen LogP contribution is -2.41. The largest absolute Gasteiger partial charge is 0.299 e. The zero-order chi connectivity index (χ0) is 14.9. The molecule has 0 spiro atoms. The Balaban J connectivity index is 1.74. The van der Waals surface area contributed by atoms with Gasteiger partial charge in [0.1, 0.15) is 10.7 Å². The first-order chi connectivity index (χ1) is 10.1. The van der Waals surface area contributed by atoms with Crippen molar-refractivity contribution in [2.75, 3.05) is 26.2 Å². The SMILES string of the molecule is O=S(=O)(c1ccccc1F)N1CCC(N2CCCCC2)C1. The molecule has 0 N–H and O–H groups in total. The van der Waals surface area contributed by atoms with Gasteiger partial charge in [-0.1, -0.05) is 18.6 Å². The van der Waals surface area contributed by atoms with Crippen LogP contribution in [0.25, 0.3) is 0 Å². The zero-order valence-electron chi connectivity index (χ0n) is 12.0. The first-order valence-corrected chi connectivity index (χ1v) is 9.02. The predicted molar refractivity (Wildman–Crippen MR) is 79.0 cm³/mol. The molecule has 1 unspecified atom stereocenters. The van der Waals surface area contributed by atoms with E-state index < -0.39 is 15.8 Å². The van der Waals surface area contributed by atoms with E-state index in [0.717, 1.165) is 19.5 Å². The maximum atomic E-state index is 13.8. The standard InChI is InChI=1S/C15H21FN2O2S/c16-14-6-2-3-7-15(14)21(19,20)18-11-8-13(12-18)17-9-4-1-5-10-17/h2-3,6-7,13H,1,4-5,8-12H2. The molecule has 0 amide bonds. The van der Waals surface area contributed by atoms with Crippen LogP contribution < -0.4 is 0 Å². The highest BCUT2D eigenvalue weighted by atomic mass is 32.2. The van der Waals surface area contributed by atoms with Crippen molar-refractivity contribution in [1.82, 2.24) is 9.21 Å². The van der Waals surface area contributed by atoms with Crippen molar-refractivity contribution in [3.05, 3.63) is 30.1 Å². The fourth-order valence-electron chi connectivity index (χ4n) is 3.30. The summed E-state index contributed by atoms with van der Waals surface area (Å²) >= 11 is 0. The van der Waals surface area contributed by atoms with Crippen LogP contribution in [0.3, 0.4) is 0 Å². The van der Waals surface area contributed by atoms with Crippen LogP contribution in [0.1, 0.15) is 25.7 Å². The molecule has 0 radical (unpaired) electrons. The summed E-state index contributed by atoms with van der Waals surface area (Å²) in [5, 5.41) is 0. The summed E-state index contributed by atoms with van der Waals surface area (Å²) in [6.07, 6.45) is 4.49. The van der Waals surface area contributed by atoms with Gasteiger partial charge in [0.05, 0.1) is 0 Å². The molecular formula is C15H21FN2O2S. The second-order valence-corrected chi connectivity index (χ2v) is 7.74. The van der Waals surface area contributed by atoms with Crippen LogP contribution in [0.2, 0.25) is 0 Å². The molecule has 1 atom stereocenters. The summed E-state index contributed by atoms with van der Waals surface area (Å²) in [7, 11) is -3.71. The highest BCUT2D eigenvalue weighted by Crippen LogP contribution is 2.26. The summed E-state index contributed by atoms with van der Waals surface area (Å²) < 4.78 is 40.3. The molecule has 0 bridgehead atoms. The second-order valence-electron chi connectivity index (χ2n) is 5.83. The lowest BCUT2D eigenvalue weighted by Gasteiger charge is -2.32. The van der Waals surface area contributed by atoms with Gasteiger partial charge >= 0.3 is 0 Å². The fraction of sp³-hybridized carbons (Fsp3) is 0.600. The van der Waals surface area contributed by atoms with Gasteiger partial charge in [0.25, 0.3) is 0 Å². The van der Waals surface area contributed by atoms with Crippen molar-refractivity contribution in [2.24, 2.45) is 0 Å². The van der Waals surface area contributed by atoms with Crippen LogP contribution in [0, 0.1) is 5.82 Å². The van der Waals surface area contributed by atoms with Crippen LogP contribution in [0.15, 0.2) is 29.2 Å². The number of hydrogen-bond acceptors (Lipinski definition) is 3. The number of rotatable bonds is 3. The third kappa shape index (κ3) is 2.98. The minimum atomic E-state index is -3.71. The molecule has 0 aliphatic carbocycles. The lowest BCUT2D eigenvalue weighted by molar-refractivity contribution is 0.169. The second kappa shape index (κ2) is 6.02. The summed E-state index contributed by atoms with van der Waals surface area (Å²) in [4.78, 5) is 2.18. The Morgan fingerprint density at radius 2 is 1.76 bits per heavy atom. The first kappa shape index (κ1) is 14.9. The zero-order valence-corrected chi connectivity index (χ0v) is 12.9. The van der Waals surface area contributed by atoms with E-state index >= 15 is 0 Å². The Labute approximate surface area is 125 Å². The third-order valence-electron chi connectivity index (χ3n) is 4.49. The van der Waals surface area contributed by atoms with Crippen LogP contribution in [0.5, 0.6) is 0 Å². The Morgan fingerprint density at radius 1 is 1.05 bits per heavy atom. The van der Waals surface area contributed by atoms with E-state index in [4.69, 9.17) is 0 Å². The Morgan fingerprint density at radius 3 is 2.48 bits per heavy atom. The molecule has 2 fully saturated rings. The van der Waals surface area contributed by atoms with Gasteiger partial charge in [-0.15, -0.1) is 0 Å². The van der Waals surface area contributed by atoms with Gasteiger partial charge in [0.15, 0.2) is 0 Å². The molecular weight excluding hydrogens is 291 g/mol. The van der Waals surface area contributed by atoms with Gasteiger partial charge in [-0.3, -0.25) is 4.90 Å². The molecule has 2 aliphatic rings. The quantitative estimate of drug-likeness (QED) is 0.858. The van der Waals surface area contributed by atoms with Crippen LogP contribution in [-0.4, -0.2) is 49.8 Å². The van der Waals surface area contributed by atoms with Gasteiger partial charge in [-0.05, 0) is 44.5 Å². The fourth-order valence-corrected chi connectivity index (χ4v) is 4.86. The van der Waals surface area contributed by atoms with E-state index in [2.05, 4.69) is 4.90 Å². The topological polar surface area (TPSA) is 40.6 Å². The molecule has 21 heavy (non-hydrogen) atoms. The van der Waals surface area contributed by atoms with Crippen molar-refractivity contribution < 1.29 is 12.8 Å². The van der Waals surface area contributed by atoms with Crippen molar-refractivity contribution >= 4 is 10.0 Å². The maximum absolute atomic E-state index is 13.8. The molecule has 4 nitrogen and oxygen atoms in total. The number of piperidine rings is 1. The number of benzene rings is 1. The molecule has 116 valence electrons. The third-order valence-corrected chi connectivity index (χ3v) is 6.39. The predicted octanol–water partition coefficient (Wildman–Crippen LogP) is 2.07. The molecule has 2 heterocycles. The van der Waals surface area contributed by atoms with E-state index in [1.54, 1.807) is 6.07 Å². The summed E-state index contributed by atoms with van der Waals surface area (Å²) in [5.41, 5.74) is 0. The molecule has 0 saturated carbocycles. The van der Waals surface area contributed by atoms with E-state index in [9.17, 15) is 12.8 Å². The van der Waals surface area contributed by atoms with Gasteiger partial charge in [0, 0.05) is 19.1 Å². The number of hydrogen-bond donors (Lipinski definition) is 0. The van der Waals surface area contributed by atoms with Gasteiger partial charge in [-0.25, -0.2) is 12.8 Å². The smallest absolute Gasteiger partial charge is 0.246 e. The Kier molecular flexibility index (Phi) is 4.28. The van der Waals surface area contributed by atoms with Gasteiger partial charge in [-0.2, -0.15) is 4.31 Å². The van der Waals surface area contributed by atoms with E-state index in [0.29, 0.717) is 13.1 Å². The molecule has 0 aromatic heterocycles. The van der Waals surface area contributed by atoms with Crippen LogP contribution in [0.4, 0.5) is 4.39 Å². The van der Waals surface area contributed by atoms with E-state index in [1.807, 2.05) is 0 Å². The number of likely N-dealkylation sites (tertiary alicyclic amines) is 1. The first-order valence-electron chi connectivity index (χ1n) is 7.58. The average molecular weight is 312 g/mol. The number of nitrogens with zero attached hydrogens (tertiary/aromatic N) is 2. The Bertz CT molecular complexity index is 599. The van der Waals surface area contributed by atoms with Crippen LogP contribution in [-0.2, 0) is 10.0 Å². The number of sulfonamides is 1. The molecule has 2 aliphatic heterocycles. The summed E-state index contributed by atoms with van der Waals surface area (Å²) in [5.74, 6) is -0.668. The minimum Gasteiger partial charge on any atom is -0.299 e. The van der Waals surface area contributed by atoms with Crippen molar-refractivity contribution in [2.45, 2.75) is 36.6 Å².